The lowest BCUT2D eigenvalue weighted by Crippen LogP contribution is -2.32. The van der Waals surface area contributed by atoms with Crippen LogP contribution in [0.2, 0.25) is 0 Å². The van der Waals surface area contributed by atoms with Crippen molar-refractivity contribution in [1.82, 2.24) is 9.62 Å². The zero-order valence-corrected chi connectivity index (χ0v) is 13.2. The molecule has 1 amide bonds. The maximum atomic E-state index is 12.1. The molecule has 0 unspecified atom stereocenters. The summed E-state index contributed by atoms with van der Waals surface area (Å²) in [5.74, 6) is -0.909. The topological polar surface area (TPSA) is 92.8 Å². The first kappa shape index (κ1) is 16.4. The van der Waals surface area contributed by atoms with Crippen LogP contribution >= 0.6 is 0 Å². The van der Waals surface area contributed by atoms with Crippen molar-refractivity contribution in [1.29, 1.82) is 0 Å². The molecule has 2 rings (SSSR count). The number of methoxy groups -OCH3 is 1. The number of benzene rings is 1. The number of hydrogen-bond acceptors (Lipinski definition) is 5. The zero-order chi connectivity index (χ0) is 16.3. The van der Waals surface area contributed by atoms with Crippen LogP contribution in [-0.4, -0.2) is 51.9 Å². The van der Waals surface area contributed by atoms with E-state index in [9.17, 15) is 18.0 Å². The Bertz CT molecular complexity index is 665. The fraction of sp³-hybridized carbons (Fsp3) is 0.429. The quantitative estimate of drug-likeness (QED) is 0.763. The van der Waals surface area contributed by atoms with Crippen molar-refractivity contribution in [3.8, 4) is 0 Å². The summed E-state index contributed by atoms with van der Waals surface area (Å²) in [4.78, 5) is 24.6. The summed E-state index contributed by atoms with van der Waals surface area (Å²) >= 11 is 0. The van der Waals surface area contributed by atoms with E-state index in [0.29, 0.717) is 5.56 Å². The molecule has 0 aromatic heterocycles. The van der Waals surface area contributed by atoms with Gasteiger partial charge in [0, 0.05) is 18.7 Å². The number of nitrogens with zero attached hydrogens (tertiary/aromatic N) is 1. The molecule has 0 atom stereocenters. The largest absolute Gasteiger partial charge is 0.468 e. The lowest BCUT2D eigenvalue weighted by atomic mass is 10.2. The second-order valence-corrected chi connectivity index (χ2v) is 6.87. The third-order valence-corrected chi connectivity index (χ3v) is 4.79. The van der Waals surface area contributed by atoms with Gasteiger partial charge in [0.2, 0.25) is 10.0 Å². The minimum atomic E-state index is -3.53. The zero-order valence-electron chi connectivity index (χ0n) is 12.4. The molecule has 0 saturated heterocycles. The molecule has 120 valence electrons. The van der Waals surface area contributed by atoms with Gasteiger partial charge in [-0.1, -0.05) is 0 Å². The average molecular weight is 326 g/mol. The minimum absolute atomic E-state index is 0.0255. The maximum Gasteiger partial charge on any atom is 0.325 e. The number of sulfonamides is 1. The molecule has 0 heterocycles. The molecule has 0 aliphatic heterocycles. The summed E-state index contributed by atoms with van der Waals surface area (Å²) in [6.07, 6.45) is 1.71. The minimum Gasteiger partial charge on any atom is -0.468 e. The molecular formula is C14H18N2O5S. The van der Waals surface area contributed by atoms with Crippen LogP contribution in [0.1, 0.15) is 23.2 Å². The van der Waals surface area contributed by atoms with Gasteiger partial charge in [-0.05, 0) is 37.1 Å². The van der Waals surface area contributed by atoms with Crippen LogP contribution in [0.5, 0.6) is 0 Å². The van der Waals surface area contributed by atoms with Crippen LogP contribution in [0.4, 0.5) is 0 Å². The summed E-state index contributed by atoms with van der Waals surface area (Å²) in [6, 6.07) is 5.64. The SMILES string of the molecule is COC(=O)CN(C)C(=O)c1ccc(S(=O)(=O)NC2CC2)cc1. The number of ether oxygens (including phenoxy) is 1. The van der Waals surface area contributed by atoms with Gasteiger partial charge in [0.15, 0.2) is 0 Å². The molecule has 0 bridgehead atoms. The van der Waals surface area contributed by atoms with Gasteiger partial charge in [-0.2, -0.15) is 0 Å². The highest BCUT2D eigenvalue weighted by Gasteiger charge is 2.28. The van der Waals surface area contributed by atoms with E-state index in [-0.39, 0.29) is 23.4 Å². The van der Waals surface area contributed by atoms with Crippen molar-refractivity contribution in [3.05, 3.63) is 29.8 Å². The highest BCUT2D eigenvalue weighted by molar-refractivity contribution is 7.89. The number of nitrogens with one attached hydrogen (secondary N) is 1. The Balaban J connectivity index is 2.07. The van der Waals surface area contributed by atoms with Crippen molar-refractivity contribution in [2.75, 3.05) is 20.7 Å². The van der Waals surface area contributed by atoms with Gasteiger partial charge in [-0.3, -0.25) is 9.59 Å². The van der Waals surface area contributed by atoms with Crippen LogP contribution in [0.15, 0.2) is 29.2 Å². The molecule has 7 nitrogen and oxygen atoms in total. The van der Waals surface area contributed by atoms with Gasteiger partial charge in [0.05, 0.1) is 12.0 Å². The number of carbonyl (C=O) groups excluding carboxylic acids is 2. The van der Waals surface area contributed by atoms with Gasteiger partial charge < -0.3 is 9.64 Å². The summed E-state index contributed by atoms with van der Waals surface area (Å²) < 4.78 is 31.1. The fourth-order valence-corrected chi connectivity index (χ4v) is 3.12. The number of rotatable bonds is 6. The molecule has 0 spiro atoms. The maximum absolute atomic E-state index is 12.1. The van der Waals surface area contributed by atoms with E-state index in [4.69, 9.17) is 0 Å². The van der Waals surface area contributed by atoms with E-state index in [2.05, 4.69) is 9.46 Å². The Hall–Kier alpha value is -1.93. The predicted molar refractivity (Wildman–Crippen MR) is 78.8 cm³/mol. The first-order valence-corrected chi connectivity index (χ1v) is 8.26. The fourth-order valence-electron chi connectivity index (χ4n) is 1.82. The molecule has 1 fully saturated rings. The summed E-state index contributed by atoms with van der Waals surface area (Å²) in [7, 11) is -0.818. The lowest BCUT2D eigenvalue weighted by molar-refractivity contribution is -0.141. The molecule has 22 heavy (non-hydrogen) atoms. The van der Waals surface area contributed by atoms with Crippen molar-refractivity contribution < 1.29 is 22.7 Å². The number of carbonyl (C=O) groups is 2. The van der Waals surface area contributed by atoms with E-state index in [1.165, 1.54) is 43.3 Å². The van der Waals surface area contributed by atoms with Gasteiger partial charge in [-0.15, -0.1) is 0 Å². The molecule has 0 radical (unpaired) electrons. The first-order valence-electron chi connectivity index (χ1n) is 6.78. The standard InChI is InChI=1S/C14H18N2O5S/c1-16(9-13(17)21-2)14(18)10-3-7-12(8-4-10)22(19,20)15-11-5-6-11/h3-4,7-8,11,15H,5-6,9H2,1-2H3. The summed E-state index contributed by atoms with van der Waals surface area (Å²) in [5.41, 5.74) is 0.303. The van der Waals surface area contributed by atoms with E-state index >= 15 is 0 Å². The number of amides is 1. The summed E-state index contributed by atoms with van der Waals surface area (Å²) in [5, 5.41) is 0. The van der Waals surface area contributed by atoms with Gasteiger partial charge >= 0.3 is 5.97 Å². The Morgan fingerprint density at radius 3 is 2.36 bits per heavy atom. The third kappa shape index (κ3) is 4.05. The number of likely N-dealkylation sites (N-methyl/N-ethyl adjacent to an activating group) is 1. The number of esters is 1. The monoisotopic (exact) mass is 326 g/mol. The van der Waals surface area contributed by atoms with Crippen molar-refractivity contribution in [2.24, 2.45) is 0 Å². The predicted octanol–water partition coefficient (Wildman–Crippen LogP) is 0.372. The second kappa shape index (κ2) is 6.45. The Morgan fingerprint density at radius 1 is 1.27 bits per heavy atom. The average Bonchev–Trinajstić information content (AvgIpc) is 3.29. The highest BCUT2D eigenvalue weighted by Crippen LogP contribution is 2.22. The molecule has 1 aromatic rings. The van der Waals surface area contributed by atoms with Gasteiger partial charge in [-0.25, -0.2) is 13.1 Å². The van der Waals surface area contributed by atoms with Crippen LogP contribution in [0.3, 0.4) is 0 Å². The highest BCUT2D eigenvalue weighted by atomic mass is 32.2. The van der Waals surface area contributed by atoms with Crippen LogP contribution in [0.25, 0.3) is 0 Å². The van der Waals surface area contributed by atoms with Crippen LogP contribution in [-0.2, 0) is 19.6 Å². The van der Waals surface area contributed by atoms with Crippen molar-refractivity contribution >= 4 is 21.9 Å². The van der Waals surface area contributed by atoms with Crippen molar-refractivity contribution in [3.63, 3.8) is 0 Å². The van der Waals surface area contributed by atoms with Gasteiger partial charge in [0.1, 0.15) is 6.54 Å². The van der Waals surface area contributed by atoms with Crippen molar-refractivity contribution in [2.45, 2.75) is 23.8 Å². The Kier molecular flexibility index (Phi) is 4.82. The molecule has 1 saturated carbocycles. The van der Waals surface area contributed by atoms with E-state index in [0.717, 1.165) is 12.8 Å². The van der Waals surface area contributed by atoms with E-state index in [1.807, 2.05) is 0 Å². The van der Waals surface area contributed by atoms with Crippen LogP contribution < -0.4 is 4.72 Å². The molecule has 1 aliphatic carbocycles. The molecule has 1 aliphatic rings. The molecular weight excluding hydrogens is 308 g/mol. The smallest absolute Gasteiger partial charge is 0.325 e. The first-order chi connectivity index (χ1) is 10.3. The van der Waals surface area contributed by atoms with E-state index < -0.39 is 16.0 Å². The number of hydrogen-bond donors (Lipinski definition) is 1. The lowest BCUT2D eigenvalue weighted by Gasteiger charge is -2.15. The molecule has 1 N–H and O–H groups in total. The van der Waals surface area contributed by atoms with E-state index in [1.54, 1.807) is 0 Å². The normalized spacial score (nSPS) is 14.5. The molecule has 8 heteroatoms. The Labute approximate surface area is 129 Å². The third-order valence-electron chi connectivity index (χ3n) is 3.25. The van der Waals surface area contributed by atoms with Crippen LogP contribution in [0, 0.1) is 0 Å². The summed E-state index contributed by atoms with van der Waals surface area (Å²) in [6.45, 7) is -0.168. The second-order valence-electron chi connectivity index (χ2n) is 5.16. The molecule has 1 aromatic carbocycles. The Morgan fingerprint density at radius 2 is 1.86 bits per heavy atom. The van der Waals surface area contributed by atoms with Gasteiger partial charge in [0.25, 0.3) is 5.91 Å².